The van der Waals surface area contributed by atoms with E-state index in [0.29, 0.717) is 5.56 Å². The number of aromatic nitrogens is 1. The largest absolute Gasteiger partial charge is 0.346 e. The minimum absolute atomic E-state index is 0.198. The predicted molar refractivity (Wildman–Crippen MR) is 128 cm³/mol. The lowest BCUT2D eigenvalue weighted by Gasteiger charge is -2.32. The molecular formula is C23H30F3N3O3S2. The number of rotatable bonds is 7. The number of nitrogens with one attached hydrogen (secondary N) is 1. The normalized spacial score (nSPS) is 22.2. The van der Waals surface area contributed by atoms with Gasteiger partial charge in [-0.25, -0.2) is 18.3 Å². The topological polar surface area (TPSA) is 71.5 Å². The summed E-state index contributed by atoms with van der Waals surface area (Å²) in [6, 6.07) is 5.78. The standard InChI is InChI=1S/C23H30F3N3O3S2/c1-13(28-34(31)22(2,3)4)20-27-12-17(33-20)14-7-9-15(10-8-14)18-16(11-24)29(21(30)19(25)26)23(5,6)32-18/h7-10,12-13,16,18-19,28H,11H2,1-6H3/t13?,16?,18-,34?/m1/s1. The first-order chi connectivity index (χ1) is 15.8. The number of amides is 1. The van der Waals surface area contributed by atoms with E-state index in [1.807, 2.05) is 39.8 Å². The number of halogens is 3. The van der Waals surface area contributed by atoms with Crippen molar-refractivity contribution in [3.05, 3.63) is 41.0 Å². The molecular weight excluding hydrogens is 487 g/mol. The van der Waals surface area contributed by atoms with Crippen molar-refractivity contribution in [1.82, 2.24) is 14.6 Å². The number of ether oxygens (including phenoxy) is 1. The maximum Gasteiger partial charge on any atom is 0.315 e. The Bertz CT molecular complexity index is 1040. The van der Waals surface area contributed by atoms with Gasteiger partial charge in [-0.1, -0.05) is 24.3 Å². The van der Waals surface area contributed by atoms with Crippen LogP contribution in [0.5, 0.6) is 0 Å². The van der Waals surface area contributed by atoms with Crippen LogP contribution in [0.25, 0.3) is 10.4 Å². The number of hydrogen-bond donors (Lipinski definition) is 1. The SMILES string of the molecule is CC(NS(=O)C(C)(C)C)c1ncc(-c2ccc([C@H]3OC(C)(C)N(C(=O)C(F)F)C3CF)cc2)s1. The average molecular weight is 518 g/mol. The molecule has 6 nitrogen and oxygen atoms in total. The molecule has 2 heterocycles. The fraction of sp³-hybridized carbons (Fsp3) is 0.565. The first-order valence-electron chi connectivity index (χ1n) is 10.9. The molecule has 3 unspecified atom stereocenters. The van der Waals surface area contributed by atoms with Crippen molar-refractivity contribution in [2.75, 3.05) is 6.67 Å². The van der Waals surface area contributed by atoms with Gasteiger partial charge in [0.1, 0.15) is 23.5 Å². The summed E-state index contributed by atoms with van der Waals surface area (Å²) in [5.74, 6) is -1.45. The highest BCUT2D eigenvalue weighted by molar-refractivity contribution is 7.84. The number of carbonyl (C=O) groups excluding carboxylic acids is 1. The third-order valence-corrected chi connectivity index (χ3v) is 8.43. The van der Waals surface area contributed by atoms with Gasteiger partial charge in [0.05, 0.1) is 32.7 Å². The molecule has 0 radical (unpaired) electrons. The first kappa shape index (κ1) is 26.8. The van der Waals surface area contributed by atoms with Crippen molar-refractivity contribution in [2.24, 2.45) is 0 Å². The number of benzene rings is 1. The van der Waals surface area contributed by atoms with Gasteiger partial charge < -0.3 is 9.64 Å². The summed E-state index contributed by atoms with van der Waals surface area (Å²) < 4.78 is 61.0. The van der Waals surface area contributed by atoms with E-state index in [4.69, 9.17) is 4.74 Å². The predicted octanol–water partition coefficient (Wildman–Crippen LogP) is 5.16. The van der Waals surface area contributed by atoms with E-state index in [2.05, 4.69) is 9.71 Å². The van der Waals surface area contributed by atoms with Crippen molar-refractivity contribution < 1.29 is 26.9 Å². The maximum absolute atomic E-state index is 13.9. The fourth-order valence-electron chi connectivity index (χ4n) is 3.80. The van der Waals surface area contributed by atoms with Gasteiger partial charge >= 0.3 is 6.43 Å². The Morgan fingerprint density at radius 1 is 1.29 bits per heavy atom. The molecule has 1 fully saturated rings. The van der Waals surface area contributed by atoms with Crippen molar-refractivity contribution in [3.63, 3.8) is 0 Å². The van der Waals surface area contributed by atoms with E-state index in [1.54, 1.807) is 18.3 Å². The molecule has 34 heavy (non-hydrogen) atoms. The molecule has 0 aliphatic carbocycles. The van der Waals surface area contributed by atoms with Gasteiger partial charge in [0.2, 0.25) is 0 Å². The highest BCUT2D eigenvalue weighted by Crippen LogP contribution is 2.42. The third-order valence-electron chi connectivity index (χ3n) is 5.52. The Balaban J connectivity index is 1.78. The van der Waals surface area contributed by atoms with Crippen LogP contribution in [0.1, 0.15) is 64.3 Å². The molecule has 1 amide bonds. The Hall–Kier alpha value is -1.82. The molecule has 2 aromatic rings. The van der Waals surface area contributed by atoms with Gasteiger partial charge in [0.25, 0.3) is 5.91 Å². The number of hydrogen-bond acceptors (Lipinski definition) is 5. The second-order valence-corrected chi connectivity index (χ2v) is 12.7. The summed E-state index contributed by atoms with van der Waals surface area (Å²) in [5.41, 5.74) is 0.0896. The van der Waals surface area contributed by atoms with E-state index >= 15 is 0 Å². The molecule has 1 aromatic heterocycles. The van der Waals surface area contributed by atoms with E-state index in [1.165, 1.54) is 25.2 Å². The minimum atomic E-state index is -3.24. The van der Waals surface area contributed by atoms with Crippen molar-refractivity contribution in [1.29, 1.82) is 0 Å². The molecule has 1 saturated heterocycles. The molecule has 1 aromatic carbocycles. The number of nitrogens with zero attached hydrogens (tertiary/aromatic N) is 2. The molecule has 4 atom stereocenters. The number of carbonyl (C=O) groups is 1. The van der Waals surface area contributed by atoms with Crippen LogP contribution in [0.2, 0.25) is 0 Å². The smallest absolute Gasteiger partial charge is 0.315 e. The summed E-state index contributed by atoms with van der Waals surface area (Å²) in [6.45, 7) is 9.52. The Labute approximate surface area is 204 Å². The molecule has 1 aliphatic rings. The monoisotopic (exact) mass is 517 g/mol. The lowest BCUT2D eigenvalue weighted by molar-refractivity contribution is -0.159. The van der Waals surface area contributed by atoms with Crippen LogP contribution in [-0.2, 0) is 20.5 Å². The van der Waals surface area contributed by atoms with E-state index in [0.717, 1.165) is 20.3 Å². The molecule has 1 N–H and O–H groups in total. The van der Waals surface area contributed by atoms with Crippen LogP contribution in [0, 0.1) is 0 Å². The van der Waals surface area contributed by atoms with E-state index in [9.17, 15) is 22.2 Å². The average Bonchev–Trinajstić information content (AvgIpc) is 3.34. The van der Waals surface area contributed by atoms with Crippen molar-refractivity contribution in [2.45, 2.75) is 76.6 Å². The van der Waals surface area contributed by atoms with E-state index < -0.39 is 52.6 Å². The van der Waals surface area contributed by atoms with Crippen LogP contribution >= 0.6 is 11.3 Å². The summed E-state index contributed by atoms with van der Waals surface area (Å²) in [6.07, 6.45) is -2.38. The number of alkyl halides is 3. The quantitative estimate of drug-likeness (QED) is 0.551. The highest BCUT2D eigenvalue weighted by atomic mass is 32.2. The van der Waals surface area contributed by atoms with Crippen LogP contribution in [0.3, 0.4) is 0 Å². The Kier molecular flexibility index (Phi) is 7.91. The zero-order chi connectivity index (χ0) is 25.4. The van der Waals surface area contributed by atoms with Crippen molar-refractivity contribution in [3.8, 4) is 10.4 Å². The second-order valence-electron chi connectivity index (χ2n) is 9.62. The lowest BCUT2D eigenvalue weighted by atomic mass is 10.0. The third kappa shape index (κ3) is 5.53. The minimum Gasteiger partial charge on any atom is -0.346 e. The summed E-state index contributed by atoms with van der Waals surface area (Å²) in [7, 11) is -1.23. The maximum atomic E-state index is 13.9. The zero-order valence-corrected chi connectivity index (χ0v) is 21.6. The lowest BCUT2D eigenvalue weighted by Crippen LogP contribution is -2.51. The van der Waals surface area contributed by atoms with Crippen LogP contribution < -0.4 is 4.72 Å². The Morgan fingerprint density at radius 2 is 1.91 bits per heavy atom. The van der Waals surface area contributed by atoms with E-state index in [-0.39, 0.29) is 6.04 Å². The van der Waals surface area contributed by atoms with Crippen LogP contribution in [-0.4, -0.2) is 49.6 Å². The number of thiazole rings is 1. The van der Waals surface area contributed by atoms with Gasteiger partial charge in [-0.05, 0) is 52.7 Å². The van der Waals surface area contributed by atoms with Gasteiger partial charge in [0.15, 0.2) is 0 Å². The summed E-state index contributed by atoms with van der Waals surface area (Å²) in [5, 5.41) is 0.788. The molecule has 0 saturated carbocycles. The van der Waals surface area contributed by atoms with Gasteiger partial charge in [-0.15, -0.1) is 11.3 Å². The van der Waals surface area contributed by atoms with Crippen molar-refractivity contribution >= 4 is 28.2 Å². The molecule has 1 aliphatic heterocycles. The highest BCUT2D eigenvalue weighted by Gasteiger charge is 2.52. The van der Waals surface area contributed by atoms with Gasteiger partial charge in [0, 0.05) is 6.20 Å². The van der Waals surface area contributed by atoms with Crippen LogP contribution in [0.4, 0.5) is 13.2 Å². The van der Waals surface area contributed by atoms with Gasteiger partial charge in [-0.2, -0.15) is 8.78 Å². The summed E-state index contributed by atoms with van der Waals surface area (Å²) in [4.78, 5) is 18.2. The molecule has 0 bridgehead atoms. The molecule has 0 spiro atoms. The fourth-order valence-corrected chi connectivity index (χ4v) is 5.59. The molecule has 11 heteroatoms. The molecule has 3 rings (SSSR count). The first-order valence-corrected chi connectivity index (χ1v) is 12.8. The second kappa shape index (κ2) is 10.0. The Morgan fingerprint density at radius 3 is 2.44 bits per heavy atom. The van der Waals surface area contributed by atoms with Gasteiger partial charge in [-0.3, -0.25) is 4.79 Å². The summed E-state index contributed by atoms with van der Waals surface area (Å²) >= 11 is 1.46. The molecule has 188 valence electrons. The zero-order valence-electron chi connectivity index (χ0n) is 20.0. The van der Waals surface area contributed by atoms with Crippen LogP contribution in [0.15, 0.2) is 30.5 Å².